The zero-order valence-corrected chi connectivity index (χ0v) is 14.7. The summed E-state index contributed by atoms with van der Waals surface area (Å²) in [4.78, 5) is 0. The van der Waals surface area contributed by atoms with E-state index < -0.39 is 8.83 Å². The third-order valence-electron chi connectivity index (χ3n) is 3.29. The highest BCUT2D eigenvalue weighted by molar-refractivity contribution is 6.98. The van der Waals surface area contributed by atoms with Gasteiger partial charge in [-0.3, -0.25) is 0 Å². The molecule has 0 nitrogen and oxygen atoms in total. The van der Waals surface area contributed by atoms with E-state index in [0.717, 1.165) is 22.3 Å². The lowest BCUT2D eigenvalue weighted by atomic mass is 10.1. The summed E-state index contributed by atoms with van der Waals surface area (Å²) in [6.45, 7) is 7.60. The van der Waals surface area contributed by atoms with Gasteiger partial charge in [-0.1, -0.05) is 79.9 Å². The quantitative estimate of drug-likeness (QED) is 0.382. The molecule has 0 unspecified atom stereocenters. The third-order valence-corrected chi connectivity index (χ3v) is 4.96. The molecule has 0 atom stereocenters. The first-order valence-electron chi connectivity index (χ1n) is 7.15. The van der Waals surface area contributed by atoms with Gasteiger partial charge in [0.2, 0.25) is 0 Å². The standard InChI is InChI=1S/C20H19ClSi/c1-3-16-7-5-9-18(13-16)11-12-20(22-21)15-19-10-6-8-17(4-2)14-19/h3-15H,1-2,22H2. The maximum atomic E-state index is 6.20. The molecule has 0 fully saturated rings. The molecule has 2 heteroatoms. The third kappa shape index (κ3) is 4.73. The van der Waals surface area contributed by atoms with E-state index in [1.54, 1.807) is 0 Å². The van der Waals surface area contributed by atoms with E-state index >= 15 is 0 Å². The van der Waals surface area contributed by atoms with E-state index in [-0.39, 0.29) is 0 Å². The van der Waals surface area contributed by atoms with Crippen LogP contribution in [-0.2, 0) is 0 Å². The minimum atomic E-state index is -0.765. The number of hydrogen-bond donors (Lipinski definition) is 0. The second-order valence-corrected chi connectivity index (χ2v) is 6.82. The zero-order valence-electron chi connectivity index (χ0n) is 12.5. The lowest BCUT2D eigenvalue weighted by Gasteiger charge is -2.00. The van der Waals surface area contributed by atoms with Gasteiger partial charge in [0, 0.05) is 0 Å². The fourth-order valence-electron chi connectivity index (χ4n) is 2.11. The Hall–Kier alpha value is -2.09. The summed E-state index contributed by atoms with van der Waals surface area (Å²) in [7, 11) is -0.765. The topological polar surface area (TPSA) is 0 Å². The molecule has 0 aliphatic rings. The Labute approximate surface area is 139 Å². The van der Waals surface area contributed by atoms with Crippen LogP contribution < -0.4 is 0 Å². The first kappa shape index (κ1) is 16.3. The van der Waals surface area contributed by atoms with Crippen LogP contribution >= 0.6 is 11.1 Å². The maximum absolute atomic E-state index is 6.20. The second kappa shape index (κ2) is 8.37. The van der Waals surface area contributed by atoms with Gasteiger partial charge < -0.3 is 0 Å². The van der Waals surface area contributed by atoms with Crippen LogP contribution in [0.5, 0.6) is 0 Å². The van der Waals surface area contributed by atoms with Crippen molar-refractivity contribution in [2.45, 2.75) is 0 Å². The first-order valence-corrected chi connectivity index (χ1v) is 9.99. The molecule has 0 aliphatic heterocycles. The van der Waals surface area contributed by atoms with Crippen molar-refractivity contribution in [3.05, 3.63) is 95.2 Å². The fraction of sp³-hybridized carbons (Fsp3) is 0. The molecule has 0 aliphatic carbocycles. The van der Waals surface area contributed by atoms with E-state index in [9.17, 15) is 0 Å². The van der Waals surface area contributed by atoms with Crippen LogP contribution in [0.4, 0.5) is 0 Å². The molecule has 0 amide bonds. The van der Waals surface area contributed by atoms with Gasteiger partial charge in [-0.2, -0.15) is 11.1 Å². The summed E-state index contributed by atoms with van der Waals surface area (Å²) in [6, 6.07) is 16.5. The minimum Gasteiger partial charge on any atom is -0.170 e. The number of hydrogen-bond acceptors (Lipinski definition) is 0. The molecule has 0 saturated carbocycles. The molecule has 2 aromatic carbocycles. The summed E-state index contributed by atoms with van der Waals surface area (Å²) < 4.78 is 0. The molecule has 2 aromatic rings. The fourth-order valence-corrected chi connectivity index (χ4v) is 3.13. The largest absolute Gasteiger partial charge is 0.170 e. The highest BCUT2D eigenvalue weighted by Crippen LogP contribution is 2.14. The predicted molar refractivity (Wildman–Crippen MR) is 104 cm³/mol. The van der Waals surface area contributed by atoms with Gasteiger partial charge in [0.05, 0.1) is 0 Å². The summed E-state index contributed by atoms with van der Waals surface area (Å²) in [5.74, 6) is 0. The van der Waals surface area contributed by atoms with Crippen molar-refractivity contribution in [1.82, 2.24) is 0 Å². The molecule has 0 heterocycles. The van der Waals surface area contributed by atoms with Gasteiger partial charge in [-0.15, -0.1) is 0 Å². The molecular weight excluding hydrogens is 304 g/mol. The lowest BCUT2D eigenvalue weighted by Crippen LogP contribution is -1.85. The first-order chi connectivity index (χ1) is 10.7. The molecule has 0 bridgehead atoms. The van der Waals surface area contributed by atoms with Crippen LogP contribution in [0, 0.1) is 0 Å². The monoisotopic (exact) mass is 322 g/mol. The summed E-state index contributed by atoms with van der Waals surface area (Å²) in [5.41, 5.74) is 4.55. The summed E-state index contributed by atoms with van der Waals surface area (Å²) in [6.07, 6.45) is 10.1. The number of halogens is 1. The van der Waals surface area contributed by atoms with Crippen LogP contribution in [0.3, 0.4) is 0 Å². The van der Waals surface area contributed by atoms with Crippen molar-refractivity contribution in [2.24, 2.45) is 0 Å². The molecule has 0 N–H and O–H groups in total. The van der Waals surface area contributed by atoms with Crippen LogP contribution in [0.2, 0.25) is 0 Å². The smallest absolute Gasteiger partial charge is 0.155 e. The second-order valence-electron chi connectivity index (χ2n) is 4.93. The van der Waals surface area contributed by atoms with Crippen molar-refractivity contribution in [3.63, 3.8) is 0 Å². The molecule has 22 heavy (non-hydrogen) atoms. The van der Waals surface area contributed by atoms with E-state index in [1.165, 1.54) is 5.20 Å². The Morgan fingerprint density at radius 2 is 1.41 bits per heavy atom. The Morgan fingerprint density at radius 1 is 0.864 bits per heavy atom. The zero-order chi connectivity index (χ0) is 15.8. The molecule has 0 radical (unpaired) electrons. The van der Waals surface area contributed by atoms with Crippen LogP contribution in [0.1, 0.15) is 22.3 Å². The average Bonchev–Trinajstić information content (AvgIpc) is 2.58. The SMILES string of the molecule is C=Cc1cccc(C=CC(=Cc2cccc(C=C)c2)[SiH2]Cl)c1. The van der Waals surface area contributed by atoms with Crippen LogP contribution in [0.15, 0.2) is 73.0 Å². The van der Waals surface area contributed by atoms with Crippen molar-refractivity contribution in [3.8, 4) is 0 Å². The van der Waals surface area contributed by atoms with Gasteiger partial charge in [-0.05, 0) is 39.6 Å². The molecule has 0 aromatic heterocycles. The molecule has 2 rings (SSSR count). The maximum Gasteiger partial charge on any atom is 0.155 e. The van der Waals surface area contributed by atoms with Gasteiger partial charge in [0.15, 0.2) is 8.83 Å². The normalized spacial score (nSPS) is 12.1. The Bertz CT molecular complexity index is 726. The van der Waals surface area contributed by atoms with E-state index in [1.807, 2.05) is 36.4 Å². The number of rotatable bonds is 6. The predicted octanol–water partition coefficient (Wildman–Crippen LogP) is 5.35. The van der Waals surface area contributed by atoms with Crippen molar-refractivity contribution < 1.29 is 0 Å². The van der Waals surface area contributed by atoms with Crippen LogP contribution in [0.25, 0.3) is 24.3 Å². The molecule has 110 valence electrons. The van der Waals surface area contributed by atoms with E-state index in [4.69, 9.17) is 11.1 Å². The lowest BCUT2D eigenvalue weighted by molar-refractivity contribution is 1.61. The highest BCUT2D eigenvalue weighted by Gasteiger charge is 1.95. The Kier molecular flexibility index (Phi) is 6.20. The molecule has 0 spiro atoms. The van der Waals surface area contributed by atoms with Crippen molar-refractivity contribution in [1.29, 1.82) is 0 Å². The van der Waals surface area contributed by atoms with Gasteiger partial charge >= 0.3 is 0 Å². The van der Waals surface area contributed by atoms with E-state index in [0.29, 0.717) is 0 Å². The van der Waals surface area contributed by atoms with E-state index in [2.05, 4.69) is 55.7 Å². The van der Waals surface area contributed by atoms with Crippen LogP contribution in [-0.4, -0.2) is 8.83 Å². The minimum absolute atomic E-state index is 0.765. The summed E-state index contributed by atoms with van der Waals surface area (Å²) in [5, 5.41) is 1.20. The summed E-state index contributed by atoms with van der Waals surface area (Å²) >= 11 is 6.20. The molecule has 0 saturated heterocycles. The highest BCUT2D eigenvalue weighted by atomic mass is 35.6. The van der Waals surface area contributed by atoms with Gasteiger partial charge in [0.1, 0.15) is 0 Å². The van der Waals surface area contributed by atoms with Gasteiger partial charge in [0.25, 0.3) is 0 Å². The number of allylic oxidation sites excluding steroid dienone is 2. The molecular formula is C20H19ClSi. The van der Waals surface area contributed by atoms with Gasteiger partial charge in [-0.25, -0.2) is 0 Å². The van der Waals surface area contributed by atoms with Crippen molar-refractivity contribution in [2.75, 3.05) is 0 Å². The Morgan fingerprint density at radius 3 is 2.00 bits per heavy atom. The van der Waals surface area contributed by atoms with Crippen molar-refractivity contribution >= 4 is 44.2 Å². The number of benzene rings is 2. The average molecular weight is 323 g/mol. The Balaban J connectivity index is 2.23.